The summed E-state index contributed by atoms with van der Waals surface area (Å²) < 4.78 is 4.99. The van der Waals surface area contributed by atoms with Crippen molar-refractivity contribution in [2.75, 3.05) is 12.3 Å². The summed E-state index contributed by atoms with van der Waals surface area (Å²) in [7, 11) is 0. The van der Waals surface area contributed by atoms with Crippen LogP contribution in [0, 0.1) is 0 Å². The molecule has 0 bridgehead atoms. The first kappa shape index (κ1) is 15.3. The SMILES string of the molecule is Nc1[nH+]cccc1C(=O)OCC(=O)NC1CCCCCC1. The standard InChI is InChI=1S/C15H21N3O3/c16-14-12(8-5-9-17-14)15(20)21-10-13(19)18-11-6-3-1-2-4-7-11/h5,8-9,11H,1-4,6-7,10H2,(H2,16,17)(H,18,19)/p+1. The molecular weight excluding hydrogens is 270 g/mol. The molecule has 1 amide bonds. The van der Waals surface area contributed by atoms with Gasteiger partial charge in [0.05, 0.1) is 6.20 Å². The monoisotopic (exact) mass is 292 g/mol. The van der Waals surface area contributed by atoms with Gasteiger partial charge in [0, 0.05) is 6.04 Å². The summed E-state index contributed by atoms with van der Waals surface area (Å²) in [5.74, 6) is -0.624. The Labute approximate surface area is 124 Å². The van der Waals surface area contributed by atoms with Crippen LogP contribution in [0.15, 0.2) is 18.3 Å². The van der Waals surface area contributed by atoms with Gasteiger partial charge in [0.15, 0.2) is 6.61 Å². The molecule has 21 heavy (non-hydrogen) atoms. The Balaban J connectivity index is 1.78. The van der Waals surface area contributed by atoms with E-state index in [9.17, 15) is 9.59 Å². The molecule has 114 valence electrons. The number of aromatic nitrogens is 1. The minimum absolute atomic E-state index is 0.203. The van der Waals surface area contributed by atoms with Crippen LogP contribution in [0.1, 0.15) is 48.9 Å². The van der Waals surface area contributed by atoms with E-state index in [0.29, 0.717) is 0 Å². The molecule has 0 unspecified atom stereocenters. The van der Waals surface area contributed by atoms with Crippen molar-refractivity contribution in [3.8, 4) is 0 Å². The quantitative estimate of drug-likeness (QED) is 0.641. The maximum atomic E-state index is 11.8. The van der Waals surface area contributed by atoms with E-state index in [2.05, 4.69) is 10.3 Å². The van der Waals surface area contributed by atoms with Crippen LogP contribution in [-0.4, -0.2) is 24.5 Å². The van der Waals surface area contributed by atoms with Crippen LogP contribution in [0.3, 0.4) is 0 Å². The van der Waals surface area contributed by atoms with Crippen molar-refractivity contribution in [2.24, 2.45) is 0 Å². The molecule has 0 aromatic carbocycles. The van der Waals surface area contributed by atoms with Gasteiger partial charge < -0.3 is 10.1 Å². The van der Waals surface area contributed by atoms with Gasteiger partial charge in [0.1, 0.15) is 5.56 Å². The average molecular weight is 292 g/mol. The molecule has 1 aliphatic carbocycles. The van der Waals surface area contributed by atoms with Gasteiger partial charge in [-0.2, -0.15) is 0 Å². The van der Waals surface area contributed by atoms with E-state index >= 15 is 0 Å². The number of hydrogen-bond acceptors (Lipinski definition) is 4. The Bertz CT molecular complexity index is 497. The van der Waals surface area contributed by atoms with E-state index < -0.39 is 5.97 Å². The molecule has 0 spiro atoms. The molecule has 0 saturated heterocycles. The molecule has 4 N–H and O–H groups in total. The van der Waals surface area contributed by atoms with Gasteiger partial charge in [-0.15, -0.1) is 0 Å². The molecule has 0 radical (unpaired) electrons. The van der Waals surface area contributed by atoms with Crippen molar-refractivity contribution in [1.82, 2.24) is 5.32 Å². The number of hydrogen-bond donors (Lipinski definition) is 2. The summed E-state index contributed by atoms with van der Waals surface area (Å²) >= 11 is 0. The van der Waals surface area contributed by atoms with Gasteiger partial charge >= 0.3 is 5.97 Å². The van der Waals surface area contributed by atoms with Crippen LogP contribution in [0.4, 0.5) is 5.82 Å². The summed E-state index contributed by atoms with van der Waals surface area (Å²) in [6.45, 7) is -0.274. The lowest BCUT2D eigenvalue weighted by Gasteiger charge is -2.16. The van der Waals surface area contributed by atoms with E-state index in [1.54, 1.807) is 18.3 Å². The minimum atomic E-state index is -0.597. The fourth-order valence-corrected chi connectivity index (χ4v) is 2.53. The Kier molecular flexibility index (Phi) is 5.54. The normalized spacial score (nSPS) is 16.0. The smallest absolute Gasteiger partial charge is 0.347 e. The number of nitrogens with two attached hydrogens (primary N) is 1. The highest BCUT2D eigenvalue weighted by Crippen LogP contribution is 2.17. The van der Waals surface area contributed by atoms with Crippen LogP contribution in [-0.2, 0) is 9.53 Å². The lowest BCUT2D eigenvalue weighted by molar-refractivity contribution is -0.360. The number of ether oxygens (including phenoxy) is 1. The van der Waals surface area contributed by atoms with Crippen LogP contribution < -0.4 is 16.0 Å². The summed E-state index contributed by atoms with van der Waals surface area (Å²) in [5.41, 5.74) is 5.87. The second-order valence-electron chi connectivity index (χ2n) is 5.33. The Hall–Kier alpha value is -2.11. The first-order chi connectivity index (χ1) is 10.2. The van der Waals surface area contributed by atoms with Gasteiger partial charge in [-0.3, -0.25) is 10.5 Å². The van der Waals surface area contributed by atoms with Crippen molar-refractivity contribution in [3.05, 3.63) is 23.9 Å². The Morgan fingerprint density at radius 2 is 2.00 bits per heavy atom. The molecule has 1 heterocycles. The molecule has 0 aliphatic heterocycles. The summed E-state index contributed by atoms with van der Waals surface area (Å²) in [6, 6.07) is 3.41. The van der Waals surface area contributed by atoms with Crippen molar-refractivity contribution < 1.29 is 19.3 Å². The number of pyridine rings is 1. The number of carbonyl (C=O) groups is 2. The van der Waals surface area contributed by atoms with E-state index in [1.807, 2.05) is 0 Å². The largest absolute Gasteiger partial charge is 0.452 e. The highest BCUT2D eigenvalue weighted by Gasteiger charge is 2.18. The topological polar surface area (TPSA) is 95.6 Å². The van der Waals surface area contributed by atoms with Gasteiger partial charge in [0.25, 0.3) is 11.7 Å². The number of anilines is 1. The highest BCUT2D eigenvalue weighted by atomic mass is 16.5. The first-order valence-electron chi connectivity index (χ1n) is 7.39. The zero-order valence-electron chi connectivity index (χ0n) is 12.1. The molecule has 1 aromatic rings. The number of H-pyrrole nitrogens is 1. The molecule has 1 saturated carbocycles. The number of amides is 1. The van der Waals surface area contributed by atoms with Crippen molar-refractivity contribution in [1.29, 1.82) is 0 Å². The molecule has 6 heteroatoms. The van der Waals surface area contributed by atoms with Crippen LogP contribution >= 0.6 is 0 Å². The molecular formula is C15H22N3O3+. The second-order valence-corrected chi connectivity index (χ2v) is 5.33. The van der Waals surface area contributed by atoms with Gasteiger partial charge in [0.2, 0.25) is 0 Å². The van der Waals surface area contributed by atoms with Crippen LogP contribution in [0.2, 0.25) is 0 Å². The fourth-order valence-electron chi connectivity index (χ4n) is 2.53. The number of nitrogens with one attached hydrogen (secondary N) is 2. The average Bonchev–Trinajstić information content (AvgIpc) is 2.74. The number of carbonyl (C=O) groups excluding carboxylic acids is 2. The van der Waals surface area contributed by atoms with Gasteiger partial charge in [-0.05, 0) is 25.0 Å². The third-order valence-corrected chi connectivity index (χ3v) is 3.66. The number of nitrogen functional groups attached to an aromatic ring is 1. The Morgan fingerprint density at radius 1 is 1.29 bits per heavy atom. The molecule has 1 aromatic heterocycles. The molecule has 1 fully saturated rings. The maximum Gasteiger partial charge on any atom is 0.347 e. The van der Waals surface area contributed by atoms with E-state index in [1.165, 1.54) is 12.8 Å². The predicted molar refractivity (Wildman–Crippen MR) is 77.3 cm³/mol. The van der Waals surface area contributed by atoms with Gasteiger partial charge in [-0.25, -0.2) is 9.78 Å². The van der Waals surface area contributed by atoms with Crippen molar-refractivity contribution >= 4 is 17.7 Å². The van der Waals surface area contributed by atoms with Crippen LogP contribution in [0.25, 0.3) is 0 Å². The summed E-state index contributed by atoms with van der Waals surface area (Å²) in [5, 5.41) is 2.93. The molecule has 2 rings (SSSR count). The Morgan fingerprint density at radius 3 is 2.67 bits per heavy atom. The maximum absolute atomic E-state index is 11.8. The number of rotatable bonds is 4. The zero-order chi connectivity index (χ0) is 15.1. The molecule has 6 nitrogen and oxygen atoms in total. The minimum Gasteiger partial charge on any atom is -0.452 e. The van der Waals surface area contributed by atoms with Crippen molar-refractivity contribution in [2.45, 2.75) is 44.6 Å². The summed E-state index contributed by atoms with van der Waals surface area (Å²) in [6.07, 6.45) is 8.35. The van der Waals surface area contributed by atoms with Crippen LogP contribution in [0.5, 0.6) is 0 Å². The van der Waals surface area contributed by atoms with E-state index in [4.69, 9.17) is 10.5 Å². The highest BCUT2D eigenvalue weighted by molar-refractivity contribution is 5.94. The molecule has 0 atom stereocenters. The van der Waals surface area contributed by atoms with E-state index in [-0.39, 0.29) is 29.9 Å². The lowest BCUT2D eigenvalue weighted by atomic mass is 10.1. The van der Waals surface area contributed by atoms with E-state index in [0.717, 1.165) is 25.7 Å². The third-order valence-electron chi connectivity index (χ3n) is 3.66. The number of aromatic amines is 1. The third kappa shape index (κ3) is 4.73. The number of esters is 1. The summed E-state index contributed by atoms with van der Waals surface area (Å²) in [4.78, 5) is 26.3. The first-order valence-corrected chi connectivity index (χ1v) is 7.39. The zero-order valence-corrected chi connectivity index (χ0v) is 12.1. The van der Waals surface area contributed by atoms with Crippen molar-refractivity contribution in [3.63, 3.8) is 0 Å². The fraction of sp³-hybridized carbons (Fsp3) is 0.533. The molecule has 1 aliphatic rings. The second kappa shape index (κ2) is 7.61. The lowest BCUT2D eigenvalue weighted by Crippen LogP contribution is -2.37. The predicted octanol–water partition coefficient (Wildman–Crippen LogP) is 1.08. The van der Waals surface area contributed by atoms with Gasteiger partial charge in [-0.1, -0.05) is 25.7 Å².